The van der Waals surface area contributed by atoms with Crippen LogP contribution in [0.15, 0.2) is 48.7 Å². The zero-order chi connectivity index (χ0) is 16.9. The zero-order valence-corrected chi connectivity index (χ0v) is 16.7. The van der Waals surface area contributed by atoms with Gasteiger partial charge in [0.1, 0.15) is 5.82 Å². The molecule has 0 atom stereocenters. The summed E-state index contributed by atoms with van der Waals surface area (Å²) < 4.78 is 0. The fourth-order valence-electron chi connectivity index (χ4n) is 3.06. The Morgan fingerprint density at radius 2 is 1.69 bits per heavy atom. The molecule has 1 aliphatic rings. The minimum atomic E-state index is 0. The second kappa shape index (κ2) is 10.4. The molecule has 0 radical (unpaired) electrons. The van der Waals surface area contributed by atoms with E-state index >= 15 is 0 Å². The molecule has 0 aliphatic carbocycles. The maximum Gasteiger partial charge on any atom is 0.255 e. The van der Waals surface area contributed by atoms with E-state index in [1.807, 2.05) is 66.4 Å². The lowest BCUT2D eigenvalue weighted by Crippen LogP contribution is -2.44. The molecule has 2 heterocycles. The summed E-state index contributed by atoms with van der Waals surface area (Å²) in [5.74, 6) is 0.866. The lowest BCUT2D eigenvalue weighted by Gasteiger charge is -2.31. The number of aromatic nitrogens is 1. The van der Waals surface area contributed by atoms with Crippen LogP contribution in [-0.4, -0.2) is 49.0 Å². The second-order valence-electron chi connectivity index (χ2n) is 6.20. The average molecular weight is 397 g/mol. The van der Waals surface area contributed by atoms with Gasteiger partial charge < -0.3 is 15.1 Å². The Hall–Kier alpha value is -1.82. The van der Waals surface area contributed by atoms with Gasteiger partial charge in [0.15, 0.2) is 0 Å². The van der Waals surface area contributed by atoms with Crippen LogP contribution in [0.25, 0.3) is 0 Å². The van der Waals surface area contributed by atoms with Gasteiger partial charge in [-0.3, -0.25) is 4.79 Å². The number of piperidine rings is 1. The second-order valence-corrected chi connectivity index (χ2v) is 6.20. The fourth-order valence-corrected chi connectivity index (χ4v) is 3.06. The zero-order valence-electron chi connectivity index (χ0n) is 15.1. The summed E-state index contributed by atoms with van der Waals surface area (Å²) in [6.07, 6.45) is 3.68. The maximum atomic E-state index is 12.6. The van der Waals surface area contributed by atoms with Crippen LogP contribution in [0.5, 0.6) is 0 Å². The number of nitrogens with zero attached hydrogens (tertiary/aromatic N) is 3. The molecular formula is C19H26Cl2N4O. The molecule has 3 rings (SSSR count). The number of amides is 1. The van der Waals surface area contributed by atoms with E-state index in [1.54, 1.807) is 6.20 Å². The molecule has 1 fully saturated rings. The minimum absolute atomic E-state index is 0. The van der Waals surface area contributed by atoms with Gasteiger partial charge in [0, 0.05) is 32.0 Å². The summed E-state index contributed by atoms with van der Waals surface area (Å²) in [7, 11) is 3.86. The predicted octanol–water partition coefficient (Wildman–Crippen LogP) is 3.52. The summed E-state index contributed by atoms with van der Waals surface area (Å²) in [5, 5.41) is 3.33. The van der Waals surface area contributed by atoms with Crippen LogP contribution in [0, 0.1) is 0 Å². The van der Waals surface area contributed by atoms with E-state index < -0.39 is 0 Å². The van der Waals surface area contributed by atoms with Gasteiger partial charge >= 0.3 is 0 Å². The number of carbonyl (C=O) groups is 1. The summed E-state index contributed by atoms with van der Waals surface area (Å²) in [5.41, 5.74) is 1.71. The van der Waals surface area contributed by atoms with Gasteiger partial charge in [-0.1, -0.05) is 18.2 Å². The highest BCUT2D eigenvalue weighted by Gasteiger charge is 2.23. The van der Waals surface area contributed by atoms with Crippen LogP contribution >= 0.6 is 24.8 Å². The Balaban J connectivity index is 0.00000169. The Bertz CT molecular complexity index is 676. The number of anilines is 2. The number of hydrogen-bond acceptors (Lipinski definition) is 4. The number of rotatable bonds is 4. The van der Waals surface area contributed by atoms with Gasteiger partial charge in [-0.2, -0.15) is 0 Å². The number of benzene rings is 1. The SMILES string of the molecule is CN(c1ccccc1)c1ccc(C(=O)N(C)C2CCNCC2)cn1.Cl.Cl. The Labute approximate surface area is 167 Å². The quantitative estimate of drug-likeness (QED) is 0.858. The number of pyridine rings is 1. The van der Waals surface area contributed by atoms with E-state index in [0.717, 1.165) is 37.4 Å². The third-order valence-corrected chi connectivity index (χ3v) is 4.66. The first-order valence-electron chi connectivity index (χ1n) is 8.39. The van der Waals surface area contributed by atoms with Gasteiger partial charge in [0.05, 0.1) is 5.56 Å². The van der Waals surface area contributed by atoms with Crippen LogP contribution in [0.3, 0.4) is 0 Å². The highest BCUT2D eigenvalue weighted by molar-refractivity contribution is 5.94. The molecule has 1 saturated heterocycles. The van der Waals surface area contributed by atoms with Gasteiger partial charge in [-0.05, 0) is 50.2 Å². The summed E-state index contributed by atoms with van der Waals surface area (Å²) in [4.78, 5) is 21.0. The molecule has 0 spiro atoms. The van der Waals surface area contributed by atoms with E-state index in [2.05, 4.69) is 10.3 Å². The molecule has 1 aliphatic heterocycles. The van der Waals surface area contributed by atoms with E-state index in [-0.39, 0.29) is 30.7 Å². The van der Waals surface area contributed by atoms with Crippen LogP contribution in [0.1, 0.15) is 23.2 Å². The van der Waals surface area contributed by atoms with Crippen molar-refractivity contribution in [3.63, 3.8) is 0 Å². The van der Waals surface area contributed by atoms with Crippen molar-refractivity contribution in [2.24, 2.45) is 0 Å². The normalized spacial score (nSPS) is 13.9. The topological polar surface area (TPSA) is 48.5 Å². The van der Waals surface area contributed by atoms with Crippen molar-refractivity contribution in [1.29, 1.82) is 0 Å². The van der Waals surface area contributed by atoms with Crippen molar-refractivity contribution in [3.05, 3.63) is 54.2 Å². The molecule has 0 bridgehead atoms. The molecule has 0 unspecified atom stereocenters. The Morgan fingerprint density at radius 1 is 1.04 bits per heavy atom. The number of para-hydroxylation sites is 1. The number of hydrogen-bond donors (Lipinski definition) is 1. The summed E-state index contributed by atoms with van der Waals surface area (Å²) in [6, 6.07) is 14.1. The molecule has 26 heavy (non-hydrogen) atoms. The van der Waals surface area contributed by atoms with Crippen molar-refractivity contribution in [3.8, 4) is 0 Å². The van der Waals surface area contributed by atoms with Crippen LogP contribution < -0.4 is 10.2 Å². The predicted molar refractivity (Wildman–Crippen MR) is 111 cm³/mol. The first-order valence-corrected chi connectivity index (χ1v) is 8.39. The lowest BCUT2D eigenvalue weighted by molar-refractivity contribution is 0.0703. The molecule has 0 saturated carbocycles. The van der Waals surface area contributed by atoms with E-state index in [1.165, 1.54) is 0 Å². The van der Waals surface area contributed by atoms with Crippen molar-refractivity contribution >= 4 is 42.2 Å². The standard InChI is InChI=1S/C19H24N4O.2ClH/c1-22(16-6-4-3-5-7-16)18-9-8-15(14-21-18)19(24)23(2)17-10-12-20-13-11-17;;/h3-9,14,17,20H,10-13H2,1-2H3;2*1H. The maximum absolute atomic E-state index is 12.6. The van der Waals surface area contributed by atoms with Crippen molar-refractivity contribution in [1.82, 2.24) is 15.2 Å². The lowest BCUT2D eigenvalue weighted by atomic mass is 10.0. The van der Waals surface area contributed by atoms with Gasteiger partial charge in [0.25, 0.3) is 5.91 Å². The molecule has 1 amide bonds. The van der Waals surface area contributed by atoms with Gasteiger partial charge in [-0.15, -0.1) is 24.8 Å². The largest absolute Gasteiger partial charge is 0.339 e. The monoisotopic (exact) mass is 396 g/mol. The third-order valence-electron chi connectivity index (χ3n) is 4.66. The molecule has 1 aromatic heterocycles. The molecule has 1 N–H and O–H groups in total. The molecule has 142 valence electrons. The smallest absolute Gasteiger partial charge is 0.255 e. The van der Waals surface area contributed by atoms with Crippen LogP contribution in [-0.2, 0) is 0 Å². The van der Waals surface area contributed by atoms with Crippen LogP contribution in [0.4, 0.5) is 11.5 Å². The molecule has 5 nitrogen and oxygen atoms in total. The fraction of sp³-hybridized carbons (Fsp3) is 0.368. The first-order chi connectivity index (χ1) is 11.7. The molecular weight excluding hydrogens is 371 g/mol. The highest BCUT2D eigenvalue weighted by Crippen LogP contribution is 2.21. The Kier molecular flexibility index (Phi) is 8.85. The first kappa shape index (κ1) is 22.2. The highest BCUT2D eigenvalue weighted by atomic mass is 35.5. The molecule has 7 heteroatoms. The molecule has 2 aromatic rings. The summed E-state index contributed by atoms with van der Waals surface area (Å²) in [6.45, 7) is 1.95. The van der Waals surface area contributed by atoms with E-state index in [9.17, 15) is 4.79 Å². The van der Waals surface area contributed by atoms with Gasteiger partial charge in [0.2, 0.25) is 0 Å². The third kappa shape index (κ3) is 5.10. The van der Waals surface area contributed by atoms with Crippen molar-refractivity contribution in [2.75, 3.05) is 32.1 Å². The number of nitrogens with one attached hydrogen (secondary N) is 1. The summed E-state index contributed by atoms with van der Waals surface area (Å²) >= 11 is 0. The van der Waals surface area contributed by atoms with Crippen LogP contribution in [0.2, 0.25) is 0 Å². The van der Waals surface area contributed by atoms with Crippen molar-refractivity contribution < 1.29 is 4.79 Å². The minimum Gasteiger partial charge on any atom is -0.339 e. The number of carbonyl (C=O) groups excluding carboxylic acids is 1. The van der Waals surface area contributed by atoms with Gasteiger partial charge in [-0.25, -0.2) is 4.98 Å². The molecule has 1 aromatic carbocycles. The van der Waals surface area contributed by atoms with E-state index in [0.29, 0.717) is 11.6 Å². The van der Waals surface area contributed by atoms with Crippen molar-refractivity contribution in [2.45, 2.75) is 18.9 Å². The Morgan fingerprint density at radius 3 is 2.27 bits per heavy atom. The number of halogens is 2. The average Bonchev–Trinajstić information content (AvgIpc) is 2.68. The van der Waals surface area contributed by atoms with E-state index in [4.69, 9.17) is 0 Å².